The average Bonchev–Trinajstić information content (AvgIpc) is 2.14. The van der Waals surface area contributed by atoms with Gasteiger partial charge in [-0.05, 0) is 6.42 Å². The lowest BCUT2D eigenvalue weighted by Gasteiger charge is -2.16. The number of ketones is 1. The van der Waals surface area contributed by atoms with Gasteiger partial charge in [-0.25, -0.2) is 0 Å². The number of nitrogens with zero attached hydrogens (tertiary/aromatic N) is 1. The fourth-order valence-corrected chi connectivity index (χ4v) is 0.991. The fraction of sp³-hybridized carbons (Fsp3) is 0.667. The molecular formula is C9H10F3NO4. The SMILES string of the molecule is N#CCCC(OCC(F)(F)F)C(=O)CC(=O)O. The van der Waals surface area contributed by atoms with Crippen molar-refractivity contribution < 1.29 is 32.6 Å². The molecule has 0 aromatic rings. The third kappa shape index (κ3) is 8.21. The second-order valence-electron chi connectivity index (χ2n) is 3.15. The van der Waals surface area contributed by atoms with Gasteiger partial charge in [0.25, 0.3) is 0 Å². The molecule has 0 spiro atoms. The molecule has 5 nitrogen and oxygen atoms in total. The minimum atomic E-state index is -4.60. The highest BCUT2D eigenvalue weighted by atomic mass is 19.4. The maximum Gasteiger partial charge on any atom is 0.411 e. The van der Waals surface area contributed by atoms with Crippen molar-refractivity contribution in [3.05, 3.63) is 0 Å². The Balaban J connectivity index is 4.37. The number of carbonyl (C=O) groups excluding carboxylic acids is 1. The van der Waals surface area contributed by atoms with Gasteiger partial charge in [0.2, 0.25) is 0 Å². The molecule has 0 aliphatic rings. The summed E-state index contributed by atoms with van der Waals surface area (Å²) < 4.78 is 39.8. The van der Waals surface area contributed by atoms with Crippen LogP contribution in [0.1, 0.15) is 19.3 Å². The number of Topliss-reactive ketones (excluding diaryl/α,β-unsaturated/α-hetero) is 1. The number of carbonyl (C=O) groups is 2. The smallest absolute Gasteiger partial charge is 0.411 e. The van der Waals surface area contributed by atoms with Crippen molar-refractivity contribution in [3.8, 4) is 6.07 Å². The monoisotopic (exact) mass is 253 g/mol. The molecule has 0 amide bonds. The van der Waals surface area contributed by atoms with E-state index in [1.807, 2.05) is 0 Å². The lowest BCUT2D eigenvalue weighted by molar-refractivity contribution is -0.187. The van der Waals surface area contributed by atoms with Crippen LogP contribution in [0.2, 0.25) is 0 Å². The summed E-state index contributed by atoms with van der Waals surface area (Å²) in [6, 6.07) is 1.64. The van der Waals surface area contributed by atoms with Crippen molar-refractivity contribution in [2.75, 3.05) is 6.61 Å². The molecule has 8 heteroatoms. The van der Waals surface area contributed by atoms with Crippen LogP contribution < -0.4 is 0 Å². The van der Waals surface area contributed by atoms with Gasteiger partial charge in [0, 0.05) is 6.42 Å². The highest BCUT2D eigenvalue weighted by molar-refractivity contribution is 5.97. The zero-order chi connectivity index (χ0) is 13.5. The van der Waals surface area contributed by atoms with Crippen LogP contribution in [-0.2, 0) is 14.3 Å². The van der Waals surface area contributed by atoms with Crippen LogP contribution in [0.3, 0.4) is 0 Å². The number of nitriles is 1. The Hall–Kier alpha value is -1.62. The minimum absolute atomic E-state index is 0.187. The molecule has 0 aliphatic heterocycles. The van der Waals surface area contributed by atoms with Crippen LogP contribution in [0.4, 0.5) is 13.2 Å². The van der Waals surface area contributed by atoms with Crippen molar-refractivity contribution in [2.45, 2.75) is 31.5 Å². The second-order valence-corrected chi connectivity index (χ2v) is 3.15. The van der Waals surface area contributed by atoms with Crippen molar-refractivity contribution in [3.63, 3.8) is 0 Å². The van der Waals surface area contributed by atoms with Gasteiger partial charge in [0.05, 0.1) is 6.07 Å². The van der Waals surface area contributed by atoms with Gasteiger partial charge < -0.3 is 9.84 Å². The predicted octanol–water partition coefficient (Wildman–Crippen LogP) is 1.28. The molecule has 0 bridgehead atoms. The maximum absolute atomic E-state index is 11.8. The molecule has 0 aliphatic carbocycles. The molecule has 0 aromatic carbocycles. The van der Waals surface area contributed by atoms with Gasteiger partial charge >= 0.3 is 12.1 Å². The number of hydrogen-bond acceptors (Lipinski definition) is 4. The number of carboxylic acid groups (broad SMARTS) is 1. The Morgan fingerprint density at radius 3 is 2.41 bits per heavy atom. The van der Waals surface area contributed by atoms with E-state index in [9.17, 15) is 22.8 Å². The van der Waals surface area contributed by atoms with E-state index in [-0.39, 0.29) is 12.8 Å². The van der Waals surface area contributed by atoms with E-state index in [1.54, 1.807) is 6.07 Å². The van der Waals surface area contributed by atoms with Gasteiger partial charge in [-0.15, -0.1) is 0 Å². The molecule has 96 valence electrons. The Morgan fingerprint density at radius 2 is 2.00 bits per heavy atom. The number of rotatable bonds is 7. The first-order valence-corrected chi connectivity index (χ1v) is 4.56. The van der Waals surface area contributed by atoms with Gasteiger partial charge in [-0.1, -0.05) is 0 Å². The number of ether oxygens (including phenoxy) is 1. The highest BCUT2D eigenvalue weighted by Gasteiger charge is 2.31. The van der Waals surface area contributed by atoms with Gasteiger partial charge in [0.15, 0.2) is 5.78 Å². The van der Waals surface area contributed by atoms with Gasteiger partial charge in [-0.2, -0.15) is 18.4 Å². The third-order valence-corrected chi connectivity index (χ3v) is 1.65. The fourth-order valence-electron chi connectivity index (χ4n) is 0.991. The van der Waals surface area contributed by atoms with Crippen molar-refractivity contribution in [2.24, 2.45) is 0 Å². The van der Waals surface area contributed by atoms with E-state index in [2.05, 4.69) is 4.74 Å². The largest absolute Gasteiger partial charge is 0.481 e. The Labute approximate surface area is 94.8 Å². The molecule has 0 aromatic heterocycles. The van der Waals surface area contributed by atoms with Crippen molar-refractivity contribution >= 4 is 11.8 Å². The number of hydrogen-bond donors (Lipinski definition) is 1. The average molecular weight is 253 g/mol. The summed E-state index contributed by atoms with van der Waals surface area (Å²) in [5, 5.41) is 16.6. The first-order valence-electron chi connectivity index (χ1n) is 4.56. The molecule has 1 unspecified atom stereocenters. The van der Waals surface area contributed by atoms with E-state index in [0.717, 1.165) is 0 Å². The minimum Gasteiger partial charge on any atom is -0.481 e. The van der Waals surface area contributed by atoms with E-state index < -0.39 is 37.1 Å². The second kappa shape index (κ2) is 6.85. The molecule has 0 radical (unpaired) electrons. The standard InChI is InChI=1S/C9H10F3NO4/c10-9(11,12)5-17-7(2-1-3-13)6(14)4-8(15)16/h7H,1-2,4-5H2,(H,15,16). The predicted molar refractivity (Wildman–Crippen MR) is 47.9 cm³/mol. The molecule has 0 saturated carbocycles. The molecule has 0 fully saturated rings. The lowest BCUT2D eigenvalue weighted by Crippen LogP contribution is -2.30. The first kappa shape index (κ1) is 15.4. The van der Waals surface area contributed by atoms with Crippen LogP contribution in [-0.4, -0.2) is 35.7 Å². The van der Waals surface area contributed by atoms with Gasteiger partial charge in [0.1, 0.15) is 19.1 Å². The zero-order valence-electron chi connectivity index (χ0n) is 8.66. The summed E-state index contributed by atoms with van der Waals surface area (Å²) >= 11 is 0. The Morgan fingerprint density at radius 1 is 1.41 bits per heavy atom. The van der Waals surface area contributed by atoms with Crippen molar-refractivity contribution in [1.82, 2.24) is 0 Å². The lowest BCUT2D eigenvalue weighted by atomic mass is 10.1. The van der Waals surface area contributed by atoms with E-state index in [4.69, 9.17) is 10.4 Å². The Bertz CT molecular complexity index is 321. The molecule has 0 heterocycles. The van der Waals surface area contributed by atoms with Crippen LogP contribution >= 0.6 is 0 Å². The number of alkyl halides is 3. The maximum atomic E-state index is 11.8. The summed E-state index contributed by atoms with van der Waals surface area (Å²) in [6.45, 7) is -1.64. The van der Waals surface area contributed by atoms with Crippen molar-refractivity contribution in [1.29, 1.82) is 5.26 Å². The molecular weight excluding hydrogens is 243 g/mol. The van der Waals surface area contributed by atoms with Gasteiger partial charge in [-0.3, -0.25) is 9.59 Å². The summed E-state index contributed by atoms with van der Waals surface area (Å²) in [4.78, 5) is 21.4. The number of carboxylic acids is 1. The van der Waals surface area contributed by atoms with E-state index in [1.165, 1.54) is 0 Å². The van der Waals surface area contributed by atoms with Crippen LogP contribution in [0.25, 0.3) is 0 Å². The van der Waals surface area contributed by atoms with Crippen LogP contribution in [0, 0.1) is 11.3 Å². The summed E-state index contributed by atoms with van der Waals surface area (Å²) in [6.07, 6.45) is -7.47. The van der Waals surface area contributed by atoms with E-state index in [0.29, 0.717) is 0 Å². The Kier molecular flexibility index (Phi) is 6.20. The number of halogens is 3. The molecule has 0 saturated heterocycles. The third-order valence-electron chi connectivity index (χ3n) is 1.65. The summed E-state index contributed by atoms with van der Waals surface area (Å²) in [5.41, 5.74) is 0. The van der Waals surface area contributed by atoms with Crippen LogP contribution in [0.15, 0.2) is 0 Å². The highest BCUT2D eigenvalue weighted by Crippen LogP contribution is 2.17. The van der Waals surface area contributed by atoms with E-state index >= 15 is 0 Å². The molecule has 1 N–H and O–H groups in total. The quantitative estimate of drug-likeness (QED) is 0.690. The summed E-state index contributed by atoms with van der Waals surface area (Å²) in [7, 11) is 0. The zero-order valence-corrected chi connectivity index (χ0v) is 8.66. The topological polar surface area (TPSA) is 87.4 Å². The first-order chi connectivity index (χ1) is 7.76. The summed E-state index contributed by atoms with van der Waals surface area (Å²) in [5.74, 6) is -2.43. The molecule has 17 heavy (non-hydrogen) atoms. The molecule has 1 atom stereocenters. The van der Waals surface area contributed by atoms with Crippen LogP contribution in [0.5, 0.6) is 0 Å². The molecule has 0 rings (SSSR count). The number of aliphatic carboxylic acids is 1. The normalized spacial score (nSPS) is 12.8.